The molecule has 0 bridgehead atoms. The molecule has 10 aromatic carbocycles. The number of hydrogen-bond acceptors (Lipinski definition) is 2. The minimum absolute atomic E-state index is 0.878. The lowest BCUT2D eigenvalue weighted by atomic mass is 9.95. The maximum Gasteiger partial charge on any atom is 0.135 e. The van der Waals surface area contributed by atoms with E-state index in [-0.39, 0.29) is 0 Å². The van der Waals surface area contributed by atoms with E-state index in [4.69, 9.17) is 4.42 Å². The Hall–Kier alpha value is -8.40. The van der Waals surface area contributed by atoms with Gasteiger partial charge >= 0.3 is 0 Å². The summed E-state index contributed by atoms with van der Waals surface area (Å²) in [5.74, 6) is 0. The van der Waals surface area contributed by atoms with Gasteiger partial charge in [-0.05, 0) is 135 Å². The predicted octanol–water partition coefficient (Wildman–Crippen LogP) is 17.3. The first-order chi connectivity index (χ1) is 32.2. The van der Waals surface area contributed by atoms with Crippen molar-refractivity contribution in [3.63, 3.8) is 0 Å². The minimum atomic E-state index is 0.878. The molecule has 0 amide bonds. The highest BCUT2D eigenvalue weighted by Crippen LogP contribution is 2.44. The summed E-state index contributed by atoms with van der Waals surface area (Å²) in [6, 6.07) is 79.6. The molecule has 2 aromatic heterocycles. The Labute approximate surface area is 377 Å². The number of benzene rings is 10. The molecule has 0 spiro atoms. The lowest BCUT2D eigenvalue weighted by Gasteiger charge is -2.26. The van der Waals surface area contributed by atoms with Crippen LogP contribution in [0.5, 0.6) is 0 Å². The largest absolute Gasteiger partial charge is 0.456 e. The van der Waals surface area contributed by atoms with Crippen LogP contribution < -0.4 is 4.90 Å². The number of para-hydroxylation sites is 2. The third kappa shape index (κ3) is 6.27. The number of aromatic nitrogens is 1. The van der Waals surface area contributed by atoms with Gasteiger partial charge in [-0.3, -0.25) is 0 Å². The van der Waals surface area contributed by atoms with Gasteiger partial charge in [-0.25, -0.2) is 0 Å². The van der Waals surface area contributed by atoms with Crippen LogP contribution in [0.3, 0.4) is 0 Å². The van der Waals surface area contributed by atoms with Crippen molar-refractivity contribution < 1.29 is 4.42 Å². The van der Waals surface area contributed by atoms with Crippen molar-refractivity contribution in [1.29, 1.82) is 0 Å². The van der Waals surface area contributed by atoms with Gasteiger partial charge < -0.3 is 13.9 Å². The summed E-state index contributed by atoms with van der Waals surface area (Å²) in [6.07, 6.45) is 6.72. The van der Waals surface area contributed by atoms with Crippen LogP contribution in [0.1, 0.15) is 17.5 Å². The van der Waals surface area contributed by atoms with Gasteiger partial charge in [-0.15, -0.1) is 0 Å². The smallest absolute Gasteiger partial charge is 0.135 e. The monoisotopic (exact) mass is 830 g/mol. The summed E-state index contributed by atoms with van der Waals surface area (Å²) < 4.78 is 8.83. The van der Waals surface area contributed by atoms with Gasteiger partial charge in [-0.1, -0.05) is 158 Å². The molecule has 0 saturated carbocycles. The van der Waals surface area contributed by atoms with E-state index in [0.29, 0.717) is 0 Å². The quantitative estimate of drug-likeness (QED) is 0.160. The maximum atomic E-state index is 6.32. The number of furan rings is 1. The molecule has 0 atom stereocenters. The summed E-state index contributed by atoms with van der Waals surface area (Å²) >= 11 is 0. The molecular weight excluding hydrogens is 789 g/mol. The van der Waals surface area contributed by atoms with Crippen LogP contribution >= 0.6 is 0 Å². The van der Waals surface area contributed by atoms with Crippen LogP contribution in [0.15, 0.2) is 229 Å². The molecule has 3 nitrogen and oxygen atoms in total. The average molecular weight is 831 g/mol. The Balaban J connectivity index is 0.993. The molecule has 0 radical (unpaired) electrons. The van der Waals surface area contributed by atoms with Crippen LogP contribution in [-0.4, -0.2) is 4.57 Å². The van der Waals surface area contributed by atoms with Crippen LogP contribution in [0.25, 0.3) is 99.7 Å². The highest BCUT2D eigenvalue weighted by molar-refractivity contribution is 6.11. The fourth-order valence-corrected chi connectivity index (χ4v) is 10.3. The van der Waals surface area contributed by atoms with Gasteiger partial charge in [0.2, 0.25) is 0 Å². The third-order valence-electron chi connectivity index (χ3n) is 13.4. The van der Waals surface area contributed by atoms with E-state index in [1.165, 1.54) is 71.5 Å². The normalized spacial score (nSPS) is 12.4. The molecule has 0 unspecified atom stereocenters. The minimum Gasteiger partial charge on any atom is -0.456 e. The van der Waals surface area contributed by atoms with Crippen LogP contribution in [-0.2, 0) is 6.42 Å². The van der Waals surface area contributed by atoms with E-state index < -0.39 is 0 Å². The highest BCUT2D eigenvalue weighted by atomic mass is 16.3. The SMILES string of the molecule is C1=Cc2cc3c4ccccc4n(-c4cc(-c5ccccc5)ccc4-c4ccc(N(c5cccc(-c6cccc7ccccc67)c5)c5ccc6oc7ccccc7c6c5)cc4)c3cc2CC1. The highest BCUT2D eigenvalue weighted by Gasteiger charge is 2.21. The van der Waals surface area contributed by atoms with Crippen molar-refractivity contribution >= 4 is 77.7 Å². The number of rotatable bonds is 7. The molecule has 3 heteroatoms. The summed E-state index contributed by atoms with van der Waals surface area (Å²) in [5.41, 5.74) is 18.4. The first-order valence-electron chi connectivity index (χ1n) is 22.5. The third-order valence-corrected chi connectivity index (χ3v) is 13.4. The summed E-state index contributed by atoms with van der Waals surface area (Å²) in [7, 11) is 0. The van der Waals surface area contributed by atoms with Crippen molar-refractivity contribution in [1.82, 2.24) is 4.57 Å². The molecular formula is C62H42N2O. The molecule has 0 fully saturated rings. The maximum absolute atomic E-state index is 6.32. The van der Waals surface area contributed by atoms with Gasteiger partial charge in [0.05, 0.1) is 16.7 Å². The van der Waals surface area contributed by atoms with E-state index in [2.05, 4.69) is 228 Å². The Kier molecular flexibility index (Phi) is 8.67. The molecule has 0 aliphatic heterocycles. The van der Waals surface area contributed by atoms with Crippen molar-refractivity contribution in [3.8, 4) is 39.1 Å². The van der Waals surface area contributed by atoms with Crippen molar-refractivity contribution in [2.75, 3.05) is 4.90 Å². The standard InChI is InChI=1S/C62H42N2O/c1-2-14-41(15-3-1)46-30-34-53(59(39-46)64-58-26-10-8-23-54(58)56-37-44-17-4-5-18-45(44)38-60(56)64)43-28-31-48(32-29-43)63(50-33-35-62-57(40-50)55-24-9-11-27-61(55)65-62)49-21-12-20-47(36-49)52-25-13-19-42-16-6-7-22-51(42)52/h1-4,6-17,19-40H,5,18H2. The molecule has 12 aromatic rings. The molecule has 65 heavy (non-hydrogen) atoms. The fraction of sp³-hybridized carbons (Fsp3) is 0.0323. The van der Waals surface area contributed by atoms with Gasteiger partial charge in [0.15, 0.2) is 0 Å². The topological polar surface area (TPSA) is 21.3 Å². The van der Waals surface area contributed by atoms with Gasteiger partial charge in [0, 0.05) is 44.2 Å². The summed E-state index contributed by atoms with van der Waals surface area (Å²) in [4.78, 5) is 2.38. The lowest BCUT2D eigenvalue weighted by Crippen LogP contribution is -2.10. The number of anilines is 3. The van der Waals surface area contributed by atoms with Crippen molar-refractivity contribution in [2.24, 2.45) is 0 Å². The van der Waals surface area contributed by atoms with E-state index in [9.17, 15) is 0 Å². The zero-order valence-corrected chi connectivity index (χ0v) is 35.7. The fourth-order valence-electron chi connectivity index (χ4n) is 10.3. The van der Waals surface area contributed by atoms with E-state index in [1.54, 1.807) is 0 Å². The van der Waals surface area contributed by atoms with E-state index in [0.717, 1.165) is 63.1 Å². The Morgan fingerprint density at radius 3 is 2.02 bits per heavy atom. The van der Waals surface area contributed by atoms with Crippen molar-refractivity contribution in [2.45, 2.75) is 12.8 Å². The number of nitrogens with zero attached hydrogens (tertiary/aromatic N) is 2. The molecule has 13 rings (SSSR count). The van der Waals surface area contributed by atoms with Gasteiger partial charge in [0.25, 0.3) is 0 Å². The first-order valence-corrected chi connectivity index (χ1v) is 22.5. The van der Waals surface area contributed by atoms with Crippen LogP contribution in [0.4, 0.5) is 17.1 Å². The summed E-state index contributed by atoms with van der Waals surface area (Å²) in [5, 5.41) is 7.21. The second kappa shape index (κ2) is 15.1. The van der Waals surface area contributed by atoms with Crippen LogP contribution in [0.2, 0.25) is 0 Å². The second-order valence-electron chi connectivity index (χ2n) is 17.2. The van der Waals surface area contributed by atoms with Gasteiger partial charge in [0.1, 0.15) is 11.2 Å². The van der Waals surface area contributed by atoms with Crippen LogP contribution in [0, 0.1) is 0 Å². The Morgan fingerprint density at radius 1 is 0.400 bits per heavy atom. The van der Waals surface area contributed by atoms with Crippen molar-refractivity contribution in [3.05, 3.63) is 236 Å². The first kappa shape index (κ1) is 37.2. The molecule has 1 aliphatic carbocycles. The summed E-state index contributed by atoms with van der Waals surface area (Å²) in [6.45, 7) is 0. The number of aryl methyl sites for hydroxylation is 1. The second-order valence-corrected chi connectivity index (χ2v) is 17.2. The van der Waals surface area contributed by atoms with Gasteiger partial charge in [-0.2, -0.15) is 0 Å². The molecule has 1 aliphatic rings. The molecule has 306 valence electrons. The average Bonchev–Trinajstić information content (AvgIpc) is 3.91. The van der Waals surface area contributed by atoms with E-state index >= 15 is 0 Å². The molecule has 0 saturated heterocycles. The predicted molar refractivity (Wildman–Crippen MR) is 274 cm³/mol. The molecule has 2 heterocycles. The Bertz CT molecular complexity index is 3830. The number of fused-ring (bicyclic) bond motifs is 8. The molecule has 0 N–H and O–H groups in total. The number of hydrogen-bond donors (Lipinski definition) is 0. The van der Waals surface area contributed by atoms with E-state index in [1.807, 2.05) is 12.1 Å². The zero-order valence-electron chi connectivity index (χ0n) is 35.7. The number of allylic oxidation sites excluding steroid dienone is 1. The lowest BCUT2D eigenvalue weighted by molar-refractivity contribution is 0.669. The zero-order chi connectivity index (χ0) is 42.8. The Morgan fingerprint density at radius 2 is 1.11 bits per heavy atom.